The number of allylic oxidation sites excluding steroid dienone is 1. The lowest BCUT2D eigenvalue weighted by atomic mass is 10.1. The van der Waals surface area contributed by atoms with E-state index in [1.165, 1.54) is 13.0 Å². The summed E-state index contributed by atoms with van der Waals surface area (Å²) in [5, 5.41) is 0. The van der Waals surface area contributed by atoms with Gasteiger partial charge >= 0.3 is 12.1 Å². The molecule has 1 atom stereocenters. The van der Waals surface area contributed by atoms with Crippen molar-refractivity contribution < 1.29 is 27.5 Å². The predicted octanol–water partition coefficient (Wildman–Crippen LogP) is 1.96. The monoisotopic (exact) mass is 370 g/mol. The summed E-state index contributed by atoms with van der Waals surface area (Å²) in [4.78, 5) is 23.8. The van der Waals surface area contributed by atoms with Crippen molar-refractivity contribution in [2.45, 2.75) is 33.1 Å². The minimum atomic E-state index is -4.39. The van der Waals surface area contributed by atoms with E-state index in [9.17, 15) is 18.0 Å². The number of nitrogens with zero attached hydrogens (tertiary/aromatic N) is 1. The van der Waals surface area contributed by atoms with Gasteiger partial charge in [0.1, 0.15) is 0 Å². The van der Waals surface area contributed by atoms with Gasteiger partial charge in [-0.1, -0.05) is 12.1 Å². The normalized spacial score (nSPS) is 13.1. The van der Waals surface area contributed by atoms with E-state index in [-0.39, 0.29) is 11.4 Å². The standard InChI is InChI=1S/C16H22N2O6S/c1-10-7-6-8-14(12(10)3)18(16(20)23-5)25(21,22)13(4)24-15(19)9-11(2)17/h6-9,13H,17H2,1-5H3/b11-9+. The van der Waals surface area contributed by atoms with E-state index >= 15 is 0 Å². The van der Waals surface area contributed by atoms with Crippen LogP contribution in [0.5, 0.6) is 0 Å². The molecule has 0 aliphatic rings. The molecule has 0 bridgehead atoms. The number of rotatable bonds is 5. The molecule has 1 amide bonds. The Morgan fingerprint density at radius 2 is 1.88 bits per heavy atom. The topological polar surface area (TPSA) is 116 Å². The first-order valence-electron chi connectivity index (χ1n) is 7.35. The van der Waals surface area contributed by atoms with Crippen LogP contribution in [0.2, 0.25) is 0 Å². The molecule has 138 valence electrons. The van der Waals surface area contributed by atoms with Crippen molar-refractivity contribution in [1.82, 2.24) is 0 Å². The van der Waals surface area contributed by atoms with Crippen LogP contribution in [0.15, 0.2) is 30.0 Å². The fourth-order valence-corrected chi connectivity index (χ4v) is 3.24. The van der Waals surface area contributed by atoms with Gasteiger partial charge in [0.25, 0.3) is 10.0 Å². The average Bonchev–Trinajstić information content (AvgIpc) is 2.50. The number of anilines is 1. The van der Waals surface area contributed by atoms with Gasteiger partial charge in [-0.05, 0) is 44.9 Å². The summed E-state index contributed by atoms with van der Waals surface area (Å²) >= 11 is 0. The Morgan fingerprint density at radius 3 is 2.40 bits per heavy atom. The molecule has 0 heterocycles. The molecule has 2 N–H and O–H groups in total. The molecule has 0 spiro atoms. The smallest absolute Gasteiger partial charge is 0.428 e. The fraction of sp³-hybridized carbons (Fsp3) is 0.375. The van der Waals surface area contributed by atoms with E-state index in [4.69, 9.17) is 10.5 Å². The maximum absolute atomic E-state index is 12.8. The van der Waals surface area contributed by atoms with Crippen molar-refractivity contribution >= 4 is 27.8 Å². The van der Waals surface area contributed by atoms with Crippen LogP contribution >= 0.6 is 0 Å². The van der Waals surface area contributed by atoms with Gasteiger partial charge in [-0.15, -0.1) is 0 Å². The summed E-state index contributed by atoms with van der Waals surface area (Å²) in [6, 6.07) is 4.86. The molecule has 9 heteroatoms. The van der Waals surface area contributed by atoms with E-state index in [2.05, 4.69) is 4.74 Å². The summed E-state index contributed by atoms with van der Waals surface area (Å²) in [6.45, 7) is 6.05. The zero-order chi connectivity index (χ0) is 19.4. The first-order chi connectivity index (χ1) is 11.5. The lowest BCUT2D eigenvalue weighted by Crippen LogP contribution is -2.44. The van der Waals surface area contributed by atoms with Gasteiger partial charge in [0.15, 0.2) is 0 Å². The lowest BCUT2D eigenvalue weighted by molar-refractivity contribution is -0.139. The Balaban J connectivity index is 3.35. The largest absolute Gasteiger partial charge is 0.452 e. The molecule has 0 fully saturated rings. The van der Waals surface area contributed by atoms with E-state index in [0.29, 0.717) is 9.87 Å². The van der Waals surface area contributed by atoms with Crippen LogP contribution in [0.25, 0.3) is 0 Å². The predicted molar refractivity (Wildman–Crippen MR) is 93.2 cm³/mol. The second kappa shape index (κ2) is 8.02. The highest BCUT2D eigenvalue weighted by molar-refractivity contribution is 7.94. The number of esters is 1. The number of carbonyl (C=O) groups excluding carboxylic acids is 2. The molecule has 8 nitrogen and oxygen atoms in total. The first-order valence-corrected chi connectivity index (χ1v) is 8.85. The third kappa shape index (κ3) is 4.72. The van der Waals surface area contributed by atoms with Crippen molar-refractivity contribution in [3.63, 3.8) is 0 Å². The molecule has 0 aliphatic heterocycles. The summed E-state index contributed by atoms with van der Waals surface area (Å²) in [7, 11) is -3.33. The van der Waals surface area contributed by atoms with Gasteiger partial charge in [0.2, 0.25) is 5.44 Å². The minimum Gasteiger partial charge on any atom is -0.452 e. The highest BCUT2D eigenvalue weighted by atomic mass is 32.2. The van der Waals surface area contributed by atoms with Crippen LogP contribution in [0, 0.1) is 13.8 Å². The van der Waals surface area contributed by atoms with Crippen LogP contribution in [0.4, 0.5) is 10.5 Å². The molecule has 0 radical (unpaired) electrons. The van der Waals surface area contributed by atoms with Gasteiger partial charge in [0, 0.05) is 11.8 Å². The summed E-state index contributed by atoms with van der Waals surface area (Å²) in [5.74, 6) is -0.929. The number of hydrogen-bond acceptors (Lipinski definition) is 7. The number of aryl methyl sites for hydroxylation is 1. The SMILES string of the molecule is COC(=O)N(c1cccc(C)c1C)S(=O)(=O)C(C)OC(=O)/C=C(\C)N. The van der Waals surface area contributed by atoms with Crippen LogP contribution in [0.1, 0.15) is 25.0 Å². The van der Waals surface area contributed by atoms with Gasteiger partial charge < -0.3 is 15.2 Å². The third-order valence-corrected chi connectivity index (χ3v) is 5.23. The highest BCUT2D eigenvalue weighted by Gasteiger charge is 2.38. The second-order valence-corrected chi connectivity index (χ2v) is 7.45. The zero-order valence-electron chi connectivity index (χ0n) is 14.8. The molecule has 1 rings (SSSR count). The van der Waals surface area contributed by atoms with Gasteiger partial charge in [-0.2, -0.15) is 4.31 Å². The quantitative estimate of drug-likeness (QED) is 0.622. The maximum Gasteiger partial charge on any atom is 0.428 e. The minimum absolute atomic E-state index is 0.125. The van der Waals surface area contributed by atoms with Crippen molar-refractivity contribution in [2.75, 3.05) is 11.4 Å². The summed E-state index contributed by atoms with van der Waals surface area (Å²) in [5.41, 5.74) is 5.38. The molecular formula is C16H22N2O6S. The molecule has 0 aromatic heterocycles. The third-order valence-electron chi connectivity index (χ3n) is 3.44. The van der Waals surface area contributed by atoms with E-state index in [1.54, 1.807) is 26.0 Å². The number of ether oxygens (including phenoxy) is 2. The molecule has 0 saturated heterocycles. The molecule has 0 aliphatic carbocycles. The molecule has 1 aromatic rings. The second-order valence-electron chi connectivity index (χ2n) is 5.39. The van der Waals surface area contributed by atoms with Crippen molar-refractivity contribution in [1.29, 1.82) is 0 Å². The van der Waals surface area contributed by atoms with Crippen LogP contribution in [-0.2, 0) is 24.3 Å². The van der Waals surface area contributed by atoms with E-state index in [1.807, 2.05) is 0 Å². The number of hydrogen-bond donors (Lipinski definition) is 1. The van der Waals surface area contributed by atoms with Crippen molar-refractivity contribution in [3.05, 3.63) is 41.1 Å². The number of nitrogens with two attached hydrogens (primary N) is 1. The van der Waals surface area contributed by atoms with Gasteiger partial charge in [-0.3, -0.25) is 0 Å². The van der Waals surface area contributed by atoms with E-state index < -0.39 is 27.5 Å². The highest BCUT2D eigenvalue weighted by Crippen LogP contribution is 2.28. The number of methoxy groups -OCH3 is 1. The van der Waals surface area contributed by atoms with Crippen molar-refractivity contribution in [3.8, 4) is 0 Å². The number of amides is 1. The Bertz CT molecular complexity index is 797. The number of sulfonamides is 1. The Kier molecular flexibility index (Phi) is 6.57. The van der Waals surface area contributed by atoms with Crippen LogP contribution in [0.3, 0.4) is 0 Å². The van der Waals surface area contributed by atoms with Gasteiger partial charge in [0.05, 0.1) is 12.8 Å². The zero-order valence-corrected chi connectivity index (χ0v) is 15.6. The first kappa shape index (κ1) is 20.5. The van der Waals surface area contributed by atoms with Crippen LogP contribution < -0.4 is 10.0 Å². The fourth-order valence-electron chi connectivity index (χ4n) is 1.97. The number of carbonyl (C=O) groups is 2. The average molecular weight is 370 g/mol. The Morgan fingerprint density at radius 1 is 1.28 bits per heavy atom. The van der Waals surface area contributed by atoms with Crippen LogP contribution in [-0.4, -0.2) is 33.0 Å². The lowest BCUT2D eigenvalue weighted by Gasteiger charge is -2.26. The molecular weight excluding hydrogens is 348 g/mol. The van der Waals surface area contributed by atoms with E-state index in [0.717, 1.165) is 25.7 Å². The molecule has 1 unspecified atom stereocenters. The van der Waals surface area contributed by atoms with Gasteiger partial charge in [-0.25, -0.2) is 18.0 Å². The Labute approximate surface area is 147 Å². The Hall–Kier alpha value is -2.55. The maximum atomic E-state index is 12.8. The number of benzene rings is 1. The summed E-state index contributed by atoms with van der Waals surface area (Å²) in [6.07, 6.45) is -0.158. The summed E-state index contributed by atoms with van der Waals surface area (Å²) < 4.78 is 35.6. The molecule has 1 aromatic carbocycles. The molecule has 25 heavy (non-hydrogen) atoms. The van der Waals surface area contributed by atoms with Crippen molar-refractivity contribution in [2.24, 2.45) is 5.73 Å². The molecule has 0 saturated carbocycles.